The number of aldehydes is 1. The van der Waals surface area contributed by atoms with Crippen LogP contribution >= 0.6 is 0 Å². The first-order valence-electron chi connectivity index (χ1n) is 4.84. The maximum atomic E-state index is 10.2. The molecule has 1 saturated heterocycles. The topological polar surface area (TPSA) is 68.0 Å². The van der Waals surface area contributed by atoms with Crippen LogP contribution in [0.1, 0.15) is 18.1 Å². The van der Waals surface area contributed by atoms with Gasteiger partial charge in [0.15, 0.2) is 5.82 Å². The van der Waals surface area contributed by atoms with E-state index >= 15 is 0 Å². The molecule has 1 aromatic rings. The fourth-order valence-corrected chi connectivity index (χ4v) is 1.67. The van der Waals surface area contributed by atoms with Gasteiger partial charge in [-0.25, -0.2) is 0 Å². The lowest BCUT2D eigenvalue weighted by Gasteiger charge is -2.01. The number of hydrogen-bond donors (Lipinski definition) is 1. The largest absolute Gasteiger partial charge is 0.339 e. The van der Waals surface area contributed by atoms with Crippen LogP contribution in [0.25, 0.3) is 0 Å². The average molecular weight is 195 g/mol. The molecule has 2 heterocycles. The van der Waals surface area contributed by atoms with Gasteiger partial charge in [-0.05, 0) is 25.4 Å². The fraction of sp³-hybridized carbons (Fsp3) is 0.667. The van der Waals surface area contributed by atoms with E-state index < -0.39 is 0 Å². The molecule has 0 saturated carbocycles. The van der Waals surface area contributed by atoms with Gasteiger partial charge in [0.1, 0.15) is 6.29 Å². The summed E-state index contributed by atoms with van der Waals surface area (Å²) in [6, 6.07) is 0. The van der Waals surface area contributed by atoms with E-state index in [9.17, 15) is 4.79 Å². The van der Waals surface area contributed by atoms with Crippen LogP contribution in [0.3, 0.4) is 0 Å². The first-order chi connectivity index (χ1) is 6.88. The molecule has 0 bridgehead atoms. The van der Waals surface area contributed by atoms with E-state index in [2.05, 4.69) is 15.5 Å². The minimum atomic E-state index is 0.242. The molecule has 1 aliphatic heterocycles. The zero-order valence-electron chi connectivity index (χ0n) is 7.90. The Bertz CT molecular complexity index is 305. The molecule has 0 aliphatic carbocycles. The van der Waals surface area contributed by atoms with Gasteiger partial charge in [-0.15, -0.1) is 0 Å². The highest BCUT2D eigenvalue weighted by molar-refractivity contribution is 5.52. The predicted octanol–water partition coefficient (Wildman–Crippen LogP) is -0.0370. The third-order valence-corrected chi connectivity index (χ3v) is 2.40. The highest BCUT2D eigenvalue weighted by Crippen LogP contribution is 2.13. The monoisotopic (exact) mass is 195 g/mol. The summed E-state index contributed by atoms with van der Waals surface area (Å²) in [4.78, 5) is 14.3. The Hall–Kier alpha value is -1.23. The third kappa shape index (κ3) is 2.17. The summed E-state index contributed by atoms with van der Waals surface area (Å²) in [6.45, 7) is 2.09. The Morgan fingerprint density at radius 3 is 3.29 bits per heavy atom. The maximum absolute atomic E-state index is 10.2. The van der Waals surface area contributed by atoms with Gasteiger partial charge in [0, 0.05) is 6.42 Å². The first kappa shape index (κ1) is 9.33. The van der Waals surface area contributed by atoms with E-state index in [4.69, 9.17) is 4.52 Å². The molecule has 0 aromatic carbocycles. The molecule has 5 nitrogen and oxygen atoms in total. The molecule has 0 amide bonds. The van der Waals surface area contributed by atoms with Gasteiger partial charge in [0.05, 0.1) is 6.42 Å². The number of rotatable bonds is 4. The standard InChI is InChI=1S/C9H13N3O2/c13-4-2-8-11-9(14-12-8)5-7-1-3-10-6-7/h4,7,10H,1-3,5-6H2. The van der Waals surface area contributed by atoms with Crippen LogP contribution in [-0.4, -0.2) is 29.5 Å². The van der Waals surface area contributed by atoms with Crippen LogP contribution in [0.15, 0.2) is 4.52 Å². The van der Waals surface area contributed by atoms with Crippen molar-refractivity contribution in [2.75, 3.05) is 13.1 Å². The van der Waals surface area contributed by atoms with Crippen molar-refractivity contribution in [1.29, 1.82) is 0 Å². The first-order valence-corrected chi connectivity index (χ1v) is 4.84. The summed E-state index contributed by atoms with van der Waals surface area (Å²) in [5.41, 5.74) is 0. The third-order valence-electron chi connectivity index (χ3n) is 2.40. The highest BCUT2D eigenvalue weighted by atomic mass is 16.5. The van der Waals surface area contributed by atoms with E-state index in [1.807, 2.05) is 0 Å². The van der Waals surface area contributed by atoms with Crippen LogP contribution in [0.2, 0.25) is 0 Å². The van der Waals surface area contributed by atoms with Crippen LogP contribution in [-0.2, 0) is 17.6 Å². The van der Waals surface area contributed by atoms with Crippen molar-refractivity contribution >= 4 is 6.29 Å². The quantitative estimate of drug-likeness (QED) is 0.683. The van der Waals surface area contributed by atoms with Crippen molar-refractivity contribution in [3.63, 3.8) is 0 Å². The van der Waals surface area contributed by atoms with E-state index in [0.717, 1.165) is 32.2 Å². The lowest BCUT2D eigenvalue weighted by Crippen LogP contribution is -2.10. The molecule has 2 rings (SSSR count). The summed E-state index contributed by atoms with van der Waals surface area (Å²) in [6.07, 6.45) is 3.00. The summed E-state index contributed by atoms with van der Waals surface area (Å²) in [5, 5.41) is 6.99. The molecule has 5 heteroatoms. The van der Waals surface area contributed by atoms with Crippen molar-refractivity contribution < 1.29 is 9.32 Å². The van der Waals surface area contributed by atoms with Gasteiger partial charge >= 0.3 is 0 Å². The fourth-order valence-electron chi connectivity index (χ4n) is 1.67. The second-order valence-corrected chi connectivity index (χ2v) is 3.54. The molecule has 1 unspecified atom stereocenters. The molecule has 14 heavy (non-hydrogen) atoms. The average Bonchev–Trinajstić information content (AvgIpc) is 2.79. The second-order valence-electron chi connectivity index (χ2n) is 3.54. The molecule has 76 valence electrons. The van der Waals surface area contributed by atoms with E-state index in [1.165, 1.54) is 0 Å². The molecule has 0 radical (unpaired) electrons. The van der Waals surface area contributed by atoms with Gasteiger partial charge in [0.25, 0.3) is 0 Å². The number of nitrogens with one attached hydrogen (secondary N) is 1. The van der Waals surface area contributed by atoms with Crippen molar-refractivity contribution in [2.24, 2.45) is 5.92 Å². The molecule has 0 spiro atoms. The van der Waals surface area contributed by atoms with Gasteiger partial charge < -0.3 is 14.6 Å². The Labute approximate surface area is 81.9 Å². The van der Waals surface area contributed by atoms with Crippen LogP contribution in [0.4, 0.5) is 0 Å². The van der Waals surface area contributed by atoms with Gasteiger partial charge in [-0.2, -0.15) is 4.98 Å². The van der Waals surface area contributed by atoms with Crippen molar-refractivity contribution in [1.82, 2.24) is 15.5 Å². The SMILES string of the molecule is O=CCc1noc(CC2CCNC2)n1. The summed E-state index contributed by atoms with van der Waals surface area (Å²) in [7, 11) is 0. The molecule has 1 fully saturated rings. The zero-order chi connectivity index (χ0) is 9.80. The normalized spacial score (nSPS) is 21.3. The highest BCUT2D eigenvalue weighted by Gasteiger charge is 2.18. The number of carbonyl (C=O) groups is 1. The van der Waals surface area contributed by atoms with Gasteiger partial charge in [-0.1, -0.05) is 5.16 Å². The van der Waals surface area contributed by atoms with Crippen LogP contribution < -0.4 is 5.32 Å². The molecule has 1 aliphatic rings. The van der Waals surface area contributed by atoms with E-state index in [-0.39, 0.29) is 6.42 Å². The number of nitrogens with zero attached hydrogens (tertiary/aromatic N) is 2. The van der Waals surface area contributed by atoms with E-state index in [0.29, 0.717) is 17.6 Å². The van der Waals surface area contributed by atoms with Crippen molar-refractivity contribution in [3.8, 4) is 0 Å². The zero-order valence-corrected chi connectivity index (χ0v) is 7.90. The summed E-state index contributed by atoms with van der Waals surface area (Å²) < 4.78 is 5.03. The molecular formula is C9H13N3O2. The van der Waals surface area contributed by atoms with E-state index in [1.54, 1.807) is 0 Å². The Kier molecular flexibility index (Phi) is 2.88. The van der Waals surface area contributed by atoms with Gasteiger partial charge in [-0.3, -0.25) is 0 Å². The lowest BCUT2D eigenvalue weighted by atomic mass is 10.1. The maximum Gasteiger partial charge on any atom is 0.226 e. The van der Waals surface area contributed by atoms with Crippen LogP contribution in [0, 0.1) is 5.92 Å². The Balaban J connectivity index is 1.91. The summed E-state index contributed by atoms with van der Waals surface area (Å²) >= 11 is 0. The molecule has 1 aromatic heterocycles. The van der Waals surface area contributed by atoms with Crippen LogP contribution in [0.5, 0.6) is 0 Å². The number of aromatic nitrogens is 2. The lowest BCUT2D eigenvalue weighted by molar-refractivity contribution is -0.107. The van der Waals surface area contributed by atoms with Crippen molar-refractivity contribution in [2.45, 2.75) is 19.3 Å². The second kappa shape index (κ2) is 4.32. The van der Waals surface area contributed by atoms with Gasteiger partial charge in [0.2, 0.25) is 5.89 Å². The Morgan fingerprint density at radius 1 is 1.64 bits per heavy atom. The summed E-state index contributed by atoms with van der Waals surface area (Å²) in [5.74, 6) is 1.73. The predicted molar refractivity (Wildman–Crippen MR) is 48.7 cm³/mol. The smallest absolute Gasteiger partial charge is 0.226 e. The van der Waals surface area contributed by atoms with Crippen molar-refractivity contribution in [3.05, 3.63) is 11.7 Å². The Morgan fingerprint density at radius 2 is 2.57 bits per heavy atom. The minimum absolute atomic E-state index is 0.242. The number of hydrogen-bond acceptors (Lipinski definition) is 5. The number of carbonyl (C=O) groups excluding carboxylic acids is 1. The molecule has 1 atom stereocenters. The molecule has 1 N–H and O–H groups in total. The molecular weight excluding hydrogens is 182 g/mol. The minimum Gasteiger partial charge on any atom is -0.339 e.